The minimum Gasteiger partial charge on any atom is -0.369 e. The zero-order valence-corrected chi connectivity index (χ0v) is 17.6. The van der Waals surface area contributed by atoms with E-state index in [1.165, 1.54) is 6.42 Å². The van der Waals surface area contributed by atoms with Crippen molar-refractivity contribution in [2.75, 3.05) is 5.32 Å². The van der Waals surface area contributed by atoms with Gasteiger partial charge in [0, 0.05) is 12.1 Å². The fourth-order valence-corrected chi connectivity index (χ4v) is 3.65. The summed E-state index contributed by atoms with van der Waals surface area (Å²) in [4.78, 5) is 30.8. The third-order valence-corrected chi connectivity index (χ3v) is 4.99. The van der Waals surface area contributed by atoms with Crippen molar-refractivity contribution in [3.05, 3.63) is 29.8 Å². The summed E-state index contributed by atoms with van der Waals surface area (Å²) in [5.74, 6) is 0.621. The highest BCUT2D eigenvalue weighted by atomic mass is 16.2. The van der Waals surface area contributed by atoms with Gasteiger partial charge in [0.1, 0.15) is 5.54 Å². The summed E-state index contributed by atoms with van der Waals surface area (Å²) >= 11 is 0. The van der Waals surface area contributed by atoms with Gasteiger partial charge in [-0.25, -0.2) is 4.99 Å². The number of nitrogens with one attached hydrogen (secondary N) is 1. The minimum absolute atomic E-state index is 0.0411. The van der Waals surface area contributed by atoms with Crippen LogP contribution in [0, 0.1) is 5.92 Å². The van der Waals surface area contributed by atoms with Crippen LogP contribution < -0.4 is 11.1 Å². The number of anilines is 1. The van der Waals surface area contributed by atoms with E-state index in [0.29, 0.717) is 25.3 Å². The van der Waals surface area contributed by atoms with Crippen LogP contribution in [0.2, 0.25) is 0 Å². The van der Waals surface area contributed by atoms with Crippen molar-refractivity contribution >= 4 is 23.5 Å². The van der Waals surface area contributed by atoms with E-state index in [9.17, 15) is 9.59 Å². The molecule has 0 aliphatic carbocycles. The lowest BCUT2D eigenvalue weighted by molar-refractivity contribution is -0.131. The molecule has 1 aromatic carbocycles. The Morgan fingerprint density at radius 2 is 1.89 bits per heavy atom. The molecule has 1 atom stereocenters. The number of amides is 2. The number of nitrogens with zero attached hydrogens (tertiary/aromatic N) is 2. The first kappa shape index (κ1) is 21.9. The van der Waals surface area contributed by atoms with E-state index in [-0.39, 0.29) is 17.8 Å². The van der Waals surface area contributed by atoms with E-state index in [4.69, 9.17) is 5.73 Å². The van der Waals surface area contributed by atoms with Crippen molar-refractivity contribution in [2.45, 2.75) is 78.3 Å². The molecule has 6 nitrogen and oxygen atoms in total. The van der Waals surface area contributed by atoms with Gasteiger partial charge in [-0.05, 0) is 43.4 Å². The summed E-state index contributed by atoms with van der Waals surface area (Å²) < 4.78 is 0. The first-order valence-electron chi connectivity index (χ1n) is 10.3. The molecule has 0 saturated heterocycles. The molecule has 0 fully saturated rings. The molecule has 3 N–H and O–H groups in total. The molecular weight excluding hydrogens is 352 g/mol. The molecule has 1 unspecified atom stereocenters. The van der Waals surface area contributed by atoms with Crippen molar-refractivity contribution in [1.29, 1.82) is 0 Å². The lowest BCUT2D eigenvalue weighted by Crippen LogP contribution is -2.43. The maximum Gasteiger partial charge on any atom is 0.257 e. The summed E-state index contributed by atoms with van der Waals surface area (Å²) in [6, 6.07) is 7.54. The number of nitrogens with two attached hydrogens (primary N) is 1. The Balaban J connectivity index is 1.91. The number of aliphatic imine (C=N–C) groups is 1. The number of carbonyl (C=O) groups is 2. The molecular formula is C22H34N4O2. The van der Waals surface area contributed by atoms with Crippen molar-refractivity contribution < 1.29 is 9.59 Å². The molecule has 154 valence electrons. The highest BCUT2D eigenvalue weighted by molar-refractivity contribution is 6.06. The topological polar surface area (TPSA) is 87.8 Å². The van der Waals surface area contributed by atoms with Gasteiger partial charge < -0.3 is 11.1 Å². The summed E-state index contributed by atoms with van der Waals surface area (Å²) in [5.41, 5.74) is 6.97. The van der Waals surface area contributed by atoms with Gasteiger partial charge in [-0.3, -0.25) is 14.5 Å². The van der Waals surface area contributed by atoms with Gasteiger partial charge >= 0.3 is 0 Å². The number of guanidine groups is 1. The van der Waals surface area contributed by atoms with Crippen LogP contribution in [0.1, 0.15) is 71.8 Å². The predicted molar refractivity (Wildman–Crippen MR) is 114 cm³/mol. The normalized spacial score (nSPS) is 19.2. The van der Waals surface area contributed by atoms with Crippen LogP contribution in [0.3, 0.4) is 0 Å². The second-order valence-corrected chi connectivity index (χ2v) is 8.29. The monoisotopic (exact) mass is 386 g/mol. The second kappa shape index (κ2) is 9.71. The lowest BCUT2D eigenvalue weighted by atomic mass is 9.91. The molecule has 1 aromatic rings. The third-order valence-electron chi connectivity index (χ3n) is 4.99. The van der Waals surface area contributed by atoms with Crippen LogP contribution in [0.25, 0.3) is 0 Å². The Morgan fingerprint density at radius 3 is 2.50 bits per heavy atom. The highest BCUT2D eigenvalue weighted by Gasteiger charge is 2.43. The van der Waals surface area contributed by atoms with Crippen LogP contribution in [0.5, 0.6) is 0 Å². The van der Waals surface area contributed by atoms with Gasteiger partial charge in [-0.15, -0.1) is 0 Å². The smallest absolute Gasteiger partial charge is 0.257 e. The maximum absolute atomic E-state index is 12.8. The average Bonchev–Trinajstić information content (AvgIpc) is 2.82. The van der Waals surface area contributed by atoms with E-state index >= 15 is 0 Å². The number of carbonyl (C=O) groups excluding carboxylic acids is 2. The molecule has 1 aliphatic rings. The van der Waals surface area contributed by atoms with Crippen molar-refractivity contribution in [3.8, 4) is 0 Å². The van der Waals surface area contributed by atoms with E-state index in [1.54, 1.807) is 4.90 Å². The standard InChI is InChI=1S/C22H34N4O2/c1-5-6-7-8-9-19(27)24-18-12-10-17(11-13-18)15-26-20(28)22(4,14-16(2)3)25-21(26)23/h10-13,16H,5-9,14-15H2,1-4H3,(H2,23,25)(H,24,27). The lowest BCUT2D eigenvalue weighted by Gasteiger charge is -2.23. The van der Waals surface area contributed by atoms with Crippen LogP contribution >= 0.6 is 0 Å². The summed E-state index contributed by atoms with van der Waals surface area (Å²) in [6.07, 6.45) is 5.56. The fourth-order valence-electron chi connectivity index (χ4n) is 3.65. The van der Waals surface area contributed by atoms with Crippen molar-refractivity contribution in [1.82, 2.24) is 4.90 Å². The molecule has 1 aliphatic heterocycles. The number of hydrogen-bond acceptors (Lipinski definition) is 4. The number of unbranched alkanes of at least 4 members (excludes halogenated alkanes) is 3. The summed E-state index contributed by atoms with van der Waals surface area (Å²) in [5, 5.41) is 2.92. The van der Waals surface area contributed by atoms with Crippen molar-refractivity contribution in [3.63, 3.8) is 0 Å². The Kier molecular flexibility index (Phi) is 7.61. The summed E-state index contributed by atoms with van der Waals surface area (Å²) in [6.45, 7) is 8.53. The molecule has 0 radical (unpaired) electrons. The molecule has 0 aromatic heterocycles. The molecule has 2 amide bonds. The molecule has 0 saturated carbocycles. The number of rotatable bonds is 10. The van der Waals surface area contributed by atoms with Gasteiger partial charge in [0.05, 0.1) is 6.54 Å². The predicted octanol–water partition coefficient (Wildman–Crippen LogP) is 4.06. The van der Waals surface area contributed by atoms with E-state index < -0.39 is 5.54 Å². The Bertz CT molecular complexity index is 712. The average molecular weight is 387 g/mol. The number of hydrogen-bond donors (Lipinski definition) is 2. The maximum atomic E-state index is 12.8. The Labute approximate surface area is 168 Å². The van der Waals surface area contributed by atoms with Crippen LogP contribution in [0.4, 0.5) is 5.69 Å². The van der Waals surface area contributed by atoms with Gasteiger partial charge in [0.2, 0.25) is 5.91 Å². The quantitative estimate of drug-likeness (QED) is 0.595. The molecule has 0 spiro atoms. The molecule has 6 heteroatoms. The fraction of sp³-hybridized carbons (Fsp3) is 0.591. The zero-order chi connectivity index (χ0) is 20.7. The summed E-state index contributed by atoms with van der Waals surface area (Å²) in [7, 11) is 0. The highest BCUT2D eigenvalue weighted by Crippen LogP contribution is 2.29. The molecule has 2 rings (SSSR count). The van der Waals surface area contributed by atoms with Gasteiger partial charge in [-0.1, -0.05) is 52.2 Å². The van der Waals surface area contributed by atoms with Crippen LogP contribution in [-0.2, 0) is 16.1 Å². The minimum atomic E-state index is -0.774. The third kappa shape index (κ3) is 5.81. The van der Waals surface area contributed by atoms with Gasteiger partial charge in [0.25, 0.3) is 5.91 Å². The number of benzene rings is 1. The Morgan fingerprint density at radius 1 is 1.21 bits per heavy atom. The Hall–Kier alpha value is -2.37. The van der Waals surface area contributed by atoms with E-state index in [1.807, 2.05) is 31.2 Å². The van der Waals surface area contributed by atoms with Crippen molar-refractivity contribution in [2.24, 2.45) is 16.6 Å². The second-order valence-electron chi connectivity index (χ2n) is 8.29. The largest absolute Gasteiger partial charge is 0.369 e. The van der Waals surface area contributed by atoms with Crippen LogP contribution in [-0.4, -0.2) is 28.2 Å². The van der Waals surface area contributed by atoms with E-state index in [2.05, 4.69) is 31.1 Å². The van der Waals surface area contributed by atoms with Gasteiger partial charge in [0.15, 0.2) is 5.96 Å². The van der Waals surface area contributed by atoms with E-state index in [0.717, 1.165) is 30.5 Å². The first-order valence-corrected chi connectivity index (χ1v) is 10.3. The first-order chi connectivity index (χ1) is 13.2. The SMILES string of the molecule is CCCCCCC(=O)Nc1ccc(CN2C(=O)C(C)(CC(C)C)N=C2N)cc1. The van der Waals surface area contributed by atoms with Crippen LogP contribution in [0.15, 0.2) is 29.3 Å². The molecule has 28 heavy (non-hydrogen) atoms. The molecule has 1 heterocycles. The molecule has 0 bridgehead atoms. The zero-order valence-electron chi connectivity index (χ0n) is 17.6. The van der Waals surface area contributed by atoms with Gasteiger partial charge in [-0.2, -0.15) is 0 Å².